The number of rotatable bonds is 4. The molecule has 0 bridgehead atoms. The predicted octanol–water partition coefficient (Wildman–Crippen LogP) is 3.76. The van der Waals surface area contributed by atoms with Gasteiger partial charge in [0.15, 0.2) is 5.11 Å². The zero-order valence-corrected chi connectivity index (χ0v) is 15.3. The molecule has 0 amide bonds. The quantitative estimate of drug-likeness (QED) is 0.858. The highest BCUT2D eigenvalue weighted by molar-refractivity contribution is 7.80. The molecule has 1 aliphatic rings. The van der Waals surface area contributed by atoms with E-state index in [0.29, 0.717) is 12.0 Å². The summed E-state index contributed by atoms with van der Waals surface area (Å²) in [6.45, 7) is 3.09. The molecule has 0 radical (unpaired) electrons. The van der Waals surface area contributed by atoms with Gasteiger partial charge in [-0.25, -0.2) is 4.68 Å². The average Bonchev–Trinajstić information content (AvgIpc) is 3.06. The fourth-order valence-corrected chi connectivity index (χ4v) is 3.52. The summed E-state index contributed by atoms with van der Waals surface area (Å²) < 4.78 is 1.91. The highest BCUT2D eigenvalue weighted by Crippen LogP contribution is 2.23. The van der Waals surface area contributed by atoms with Crippen molar-refractivity contribution in [1.29, 1.82) is 0 Å². The van der Waals surface area contributed by atoms with Gasteiger partial charge in [-0.15, -0.1) is 0 Å². The summed E-state index contributed by atoms with van der Waals surface area (Å²) in [6, 6.07) is 10.7. The summed E-state index contributed by atoms with van der Waals surface area (Å²) >= 11 is 5.60. The van der Waals surface area contributed by atoms with Crippen LogP contribution in [0.15, 0.2) is 42.7 Å². The van der Waals surface area contributed by atoms with E-state index < -0.39 is 0 Å². The van der Waals surface area contributed by atoms with E-state index in [1.807, 2.05) is 36.1 Å². The van der Waals surface area contributed by atoms with Crippen LogP contribution in [0.25, 0.3) is 5.69 Å². The zero-order valence-electron chi connectivity index (χ0n) is 14.5. The topological polar surface area (TPSA) is 33.1 Å². The molecule has 1 aromatic carbocycles. The van der Waals surface area contributed by atoms with Gasteiger partial charge >= 0.3 is 0 Å². The fourth-order valence-electron chi connectivity index (χ4n) is 3.31. The molecule has 1 saturated carbocycles. The molecule has 1 N–H and O–H groups in total. The molecule has 0 unspecified atom stereocenters. The van der Waals surface area contributed by atoms with E-state index in [9.17, 15) is 0 Å². The third kappa shape index (κ3) is 4.15. The number of benzene rings is 1. The second-order valence-corrected chi connectivity index (χ2v) is 7.19. The van der Waals surface area contributed by atoms with Crippen LogP contribution in [0.1, 0.15) is 38.2 Å². The molecule has 1 aliphatic carbocycles. The molecular formula is C19H26N4S. The van der Waals surface area contributed by atoms with E-state index in [4.69, 9.17) is 12.2 Å². The van der Waals surface area contributed by atoms with Crippen LogP contribution in [0.2, 0.25) is 0 Å². The number of aromatic nitrogens is 2. The summed E-state index contributed by atoms with van der Waals surface area (Å²) in [5.41, 5.74) is 2.23. The normalized spacial score (nSPS) is 20.6. The van der Waals surface area contributed by atoms with Crippen LogP contribution < -0.4 is 5.32 Å². The Morgan fingerprint density at radius 1 is 1.29 bits per heavy atom. The second-order valence-electron chi connectivity index (χ2n) is 6.80. The standard InChI is InChI=1S/C19H26N4S/c1-15-8-6-7-11-18(15)21-19(24)22(2)13-16-12-20-23(14-16)17-9-4-3-5-10-17/h3-5,9-10,12,14-15,18H,6-8,11,13H2,1-2H3,(H,21,24)/t15-,18-/m0/s1. The molecule has 0 aliphatic heterocycles. The number of thiocarbonyl (C=S) groups is 1. The number of hydrogen-bond acceptors (Lipinski definition) is 2. The highest BCUT2D eigenvalue weighted by atomic mass is 32.1. The largest absolute Gasteiger partial charge is 0.360 e. The molecule has 3 rings (SSSR count). The Morgan fingerprint density at radius 2 is 2.04 bits per heavy atom. The van der Waals surface area contributed by atoms with Gasteiger partial charge in [-0.1, -0.05) is 38.0 Å². The van der Waals surface area contributed by atoms with E-state index in [2.05, 4.69) is 40.6 Å². The summed E-state index contributed by atoms with van der Waals surface area (Å²) in [7, 11) is 2.04. The first-order valence-electron chi connectivity index (χ1n) is 8.74. The third-order valence-electron chi connectivity index (χ3n) is 4.84. The lowest BCUT2D eigenvalue weighted by Gasteiger charge is -2.32. The molecule has 1 heterocycles. The van der Waals surface area contributed by atoms with Crippen molar-refractivity contribution in [3.63, 3.8) is 0 Å². The van der Waals surface area contributed by atoms with Crippen molar-refractivity contribution in [1.82, 2.24) is 20.0 Å². The minimum Gasteiger partial charge on any atom is -0.360 e. The number of nitrogens with zero attached hydrogens (tertiary/aromatic N) is 3. The lowest BCUT2D eigenvalue weighted by atomic mass is 9.86. The number of nitrogens with one attached hydrogen (secondary N) is 1. The molecule has 2 aromatic rings. The Morgan fingerprint density at radius 3 is 2.79 bits per heavy atom. The van der Waals surface area contributed by atoms with Crippen molar-refractivity contribution in [2.75, 3.05) is 7.05 Å². The van der Waals surface area contributed by atoms with E-state index in [-0.39, 0.29) is 0 Å². The van der Waals surface area contributed by atoms with Crippen LogP contribution in [0.5, 0.6) is 0 Å². The first-order valence-corrected chi connectivity index (χ1v) is 9.15. The molecule has 2 atom stereocenters. The van der Waals surface area contributed by atoms with Gasteiger partial charge < -0.3 is 10.2 Å². The van der Waals surface area contributed by atoms with Gasteiger partial charge in [0.25, 0.3) is 0 Å². The van der Waals surface area contributed by atoms with E-state index in [1.165, 1.54) is 25.7 Å². The van der Waals surface area contributed by atoms with Gasteiger partial charge in [-0.2, -0.15) is 5.10 Å². The zero-order chi connectivity index (χ0) is 16.9. The first-order chi connectivity index (χ1) is 11.6. The molecule has 1 fully saturated rings. The van der Waals surface area contributed by atoms with Crippen LogP contribution in [0.3, 0.4) is 0 Å². The van der Waals surface area contributed by atoms with Crippen molar-refractivity contribution in [2.45, 2.75) is 45.2 Å². The molecule has 0 saturated heterocycles. The van der Waals surface area contributed by atoms with Gasteiger partial charge in [-0.05, 0) is 43.1 Å². The smallest absolute Gasteiger partial charge is 0.169 e. The van der Waals surface area contributed by atoms with Gasteiger partial charge in [0.2, 0.25) is 0 Å². The number of para-hydroxylation sites is 1. The maximum atomic E-state index is 5.60. The van der Waals surface area contributed by atoms with Crippen molar-refractivity contribution in [2.24, 2.45) is 5.92 Å². The lowest BCUT2D eigenvalue weighted by Crippen LogP contribution is -2.46. The van der Waals surface area contributed by atoms with Gasteiger partial charge in [0.1, 0.15) is 0 Å². The van der Waals surface area contributed by atoms with E-state index >= 15 is 0 Å². The molecule has 128 valence electrons. The minimum atomic E-state index is 0.515. The van der Waals surface area contributed by atoms with Crippen molar-refractivity contribution < 1.29 is 0 Å². The van der Waals surface area contributed by atoms with Crippen molar-refractivity contribution >= 4 is 17.3 Å². The summed E-state index contributed by atoms with van der Waals surface area (Å²) in [5.74, 6) is 0.700. The van der Waals surface area contributed by atoms with Crippen molar-refractivity contribution in [3.8, 4) is 5.69 Å². The van der Waals surface area contributed by atoms with Crippen LogP contribution in [-0.4, -0.2) is 32.9 Å². The monoisotopic (exact) mass is 342 g/mol. The Balaban J connectivity index is 1.57. The van der Waals surface area contributed by atoms with Crippen LogP contribution >= 0.6 is 12.2 Å². The minimum absolute atomic E-state index is 0.515. The molecule has 4 nitrogen and oxygen atoms in total. The van der Waals surface area contributed by atoms with E-state index in [1.54, 1.807) is 0 Å². The Labute approximate surface area is 149 Å². The van der Waals surface area contributed by atoms with Crippen LogP contribution in [0, 0.1) is 5.92 Å². The Kier molecular flexibility index (Phi) is 5.51. The lowest BCUT2D eigenvalue weighted by molar-refractivity contribution is 0.300. The number of hydrogen-bond donors (Lipinski definition) is 1. The maximum Gasteiger partial charge on any atom is 0.169 e. The third-order valence-corrected chi connectivity index (χ3v) is 5.27. The Bertz CT molecular complexity index is 667. The van der Waals surface area contributed by atoms with Gasteiger partial charge in [0, 0.05) is 31.4 Å². The molecule has 5 heteroatoms. The molecule has 0 spiro atoms. The van der Waals surface area contributed by atoms with Crippen molar-refractivity contribution in [3.05, 3.63) is 48.3 Å². The predicted molar refractivity (Wildman–Crippen MR) is 102 cm³/mol. The van der Waals surface area contributed by atoms with Crippen LogP contribution in [-0.2, 0) is 6.54 Å². The summed E-state index contributed by atoms with van der Waals surface area (Å²) in [4.78, 5) is 2.10. The Hall–Kier alpha value is -1.88. The molecule has 24 heavy (non-hydrogen) atoms. The van der Waals surface area contributed by atoms with Gasteiger partial charge in [0.05, 0.1) is 11.9 Å². The summed E-state index contributed by atoms with van der Waals surface area (Å²) in [6.07, 6.45) is 9.15. The van der Waals surface area contributed by atoms with Gasteiger partial charge in [-0.3, -0.25) is 0 Å². The molecule has 1 aromatic heterocycles. The second kappa shape index (κ2) is 7.79. The maximum absolute atomic E-state index is 5.60. The van der Waals surface area contributed by atoms with E-state index in [0.717, 1.165) is 22.9 Å². The van der Waals surface area contributed by atoms with Crippen LogP contribution in [0.4, 0.5) is 0 Å². The SMILES string of the molecule is C[C@H]1CCCC[C@@H]1NC(=S)N(C)Cc1cnn(-c2ccccc2)c1. The fraction of sp³-hybridized carbons (Fsp3) is 0.474. The molecular weight excluding hydrogens is 316 g/mol. The highest BCUT2D eigenvalue weighted by Gasteiger charge is 2.22. The first kappa shape index (κ1) is 17.0. The average molecular weight is 343 g/mol. The summed E-state index contributed by atoms with van der Waals surface area (Å²) in [5, 5.41) is 8.84.